The molecular weight excluding hydrogens is 376 g/mol. The number of benzene rings is 2. The van der Waals surface area contributed by atoms with Gasteiger partial charge in [-0.25, -0.2) is 9.97 Å². The minimum absolute atomic E-state index is 0.144. The molecule has 28 heavy (non-hydrogen) atoms. The summed E-state index contributed by atoms with van der Waals surface area (Å²) in [5.41, 5.74) is 4.41. The smallest absolute Gasteiger partial charge is 0.267 e. The highest BCUT2D eigenvalue weighted by molar-refractivity contribution is 7.17. The van der Waals surface area contributed by atoms with Crippen LogP contribution in [0.5, 0.6) is 5.75 Å². The summed E-state index contributed by atoms with van der Waals surface area (Å²) in [6.45, 7) is 5.44. The van der Waals surface area contributed by atoms with E-state index in [1.165, 1.54) is 17.5 Å². The number of nitrogens with zero attached hydrogens (tertiary/aromatic N) is 2. The number of carbonyl (C=O) groups excluding carboxylic acids is 1. The number of amides is 1. The molecule has 0 spiro atoms. The number of thiazole rings is 1. The molecule has 0 aliphatic carbocycles. The summed E-state index contributed by atoms with van der Waals surface area (Å²) in [4.78, 5) is 21.6. The third kappa shape index (κ3) is 3.41. The molecule has 0 aliphatic rings. The number of phenolic OH excluding ortho intramolecular Hbond substituents is 1. The SMILES string of the molecule is Cc1nc2cc(Nc3ncc(C(=O)Nc4c(C)ccc(O)c4C)s3)ccc2o1. The van der Waals surface area contributed by atoms with E-state index in [2.05, 4.69) is 20.6 Å². The van der Waals surface area contributed by atoms with Crippen LogP contribution in [0.2, 0.25) is 0 Å². The molecule has 2 heterocycles. The standard InChI is InChI=1S/C20H18N4O3S/c1-10-4-6-15(25)11(2)18(10)24-19(26)17-9-21-20(28-17)23-13-5-7-16-14(8-13)22-12(3)27-16/h4-9,25H,1-3H3,(H,21,23)(H,24,26). The van der Waals surface area contributed by atoms with Crippen molar-refractivity contribution in [2.24, 2.45) is 0 Å². The molecule has 2 aromatic heterocycles. The lowest BCUT2D eigenvalue weighted by Crippen LogP contribution is -2.12. The first-order valence-electron chi connectivity index (χ1n) is 8.61. The van der Waals surface area contributed by atoms with Gasteiger partial charge in [0.05, 0.1) is 11.9 Å². The number of hydrogen-bond acceptors (Lipinski definition) is 7. The molecule has 0 atom stereocenters. The molecule has 0 bridgehead atoms. The van der Waals surface area contributed by atoms with Gasteiger partial charge in [0.15, 0.2) is 16.6 Å². The number of aromatic nitrogens is 2. The zero-order chi connectivity index (χ0) is 19.8. The van der Waals surface area contributed by atoms with Crippen molar-refractivity contribution in [3.8, 4) is 5.75 Å². The number of fused-ring (bicyclic) bond motifs is 1. The van der Waals surface area contributed by atoms with E-state index in [0.717, 1.165) is 22.4 Å². The Morgan fingerprint density at radius 1 is 1.18 bits per heavy atom. The summed E-state index contributed by atoms with van der Waals surface area (Å²) < 4.78 is 5.47. The monoisotopic (exact) mass is 394 g/mol. The highest BCUT2D eigenvalue weighted by Gasteiger charge is 2.15. The number of anilines is 3. The van der Waals surface area contributed by atoms with Crippen LogP contribution < -0.4 is 10.6 Å². The Labute approximate surface area is 165 Å². The van der Waals surface area contributed by atoms with E-state index in [9.17, 15) is 9.90 Å². The Morgan fingerprint density at radius 3 is 2.82 bits per heavy atom. The molecule has 8 heteroatoms. The van der Waals surface area contributed by atoms with Gasteiger partial charge in [-0.05, 0) is 43.7 Å². The predicted molar refractivity (Wildman–Crippen MR) is 110 cm³/mol. The van der Waals surface area contributed by atoms with Crippen LogP contribution >= 0.6 is 11.3 Å². The summed E-state index contributed by atoms with van der Waals surface area (Å²) >= 11 is 1.24. The van der Waals surface area contributed by atoms with Crippen molar-refractivity contribution < 1.29 is 14.3 Å². The number of hydrogen-bond donors (Lipinski definition) is 3. The van der Waals surface area contributed by atoms with E-state index in [0.29, 0.717) is 27.2 Å². The molecule has 7 nitrogen and oxygen atoms in total. The topological polar surface area (TPSA) is 100 Å². The van der Waals surface area contributed by atoms with Crippen molar-refractivity contribution in [3.63, 3.8) is 0 Å². The number of oxazole rings is 1. The lowest BCUT2D eigenvalue weighted by atomic mass is 10.1. The van der Waals surface area contributed by atoms with E-state index in [1.54, 1.807) is 26.0 Å². The summed E-state index contributed by atoms with van der Waals surface area (Å²) in [5, 5.41) is 16.5. The summed E-state index contributed by atoms with van der Waals surface area (Å²) in [5.74, 6) is 0.480. The van der Waals surface area contributed by atoms with E-state index in [-0.39, 0.29) is 11.7 Å². The number of aromatic hydroxyl groups is 1. The lowest BCUT2D eigenvalue weighted by molar-refractivity contribution is 0.103. The van der Waals surface area contributed by atoms with E-state index in [4.69, 9.17) is 4.42 Å². The van der Waals surface area contributed by atoms with Gasteiger partial charge in [0.2, 0.25) is 0 Å². The van der Waals surface area contributed by atoms with Crippen LogP contribution in [0.1, 0.15) is 26.7 Å². The summed E-state index contributed by atoms with van der Waals surface area (Å²) in [6.07, 6.45) is 1.52. The molecular formula is C20H18N4O3S. The molecule has 3 N–H and O–H groups in total. The Hall–Kier alpha value is -3.39. The average molecular weight is 394 g/mol. The fourth-order valence-electron chi connectivity index (χ4n) is 2.88. The van der Waals surface area contributed by atoms with Crippen LogP contribution in [-0.2, 0) is 0 Å². The molecule has 0 aliphatic heterocycles. The fraction of sp³-hybridized carbons (Fsp3) is 0.150. The van der Waals surface area contributed by atoms with Crippen LogP contribution in [0.3, 0.4) is 0 Å². The van der Waals surface area contributed by atoms with Gasteiger partial charge < -0.3 is 20.2 Å². The minimum Gasteiger partial charge on any atom is -0.508 e. The molecule has 4 rings (SSSR count). The van der Waals surface area contributed by atoms with Crippen molar-refractivity contribution in [3.05, 3.63) is 58.4 Å². The third-order valence-electron chi connectivity index (χ3n) is 4.36. The Balaban J connectivity index is 1.52. The van der Waals surface area contributed by atoms with Crippen LogP contribution in [0, 0.1) is 20.8 Å². The average Bonchev–Trinajstić information content (AvgIpc) is 3.27. The zero-order valence-corrected chi connectivity index (χ0v) is 16.3. The van der Waals surface area contributed by atoms with Crippen LogP contribution in [-0.4, -0.2) is 21.0 Å². The second-order valence-electron chi connectivity index (χ2n) is 6.43. The molecule has 0 fully saturated rings. The Kier molecular flexibility index (Phi) is 4.48. The highest BCUT2D eigenvalue weighted by Crippen LogP contribution is 2.30. The molecule has 2 aromatic carbocycles. The van der Waals surface area contributed by atoms with E-state index >= 15 is 0 Å². The Morgan fingerprint density at radius 2 is 2.00 bits per heavy atom. The second kappa shape index (κ2) is 6.97. The summed E-state index contributed by atoms with van der Waals surface area (Å²) in [7, 11) is 0. The largest absolute Gasteiger partial charge is 0.508 e. The van der Waals surface area contributed by atoms with Crippen LogP contribution in [0.15, 0.2) is 40.9 Å². The summed E-state index contributed by atoms with van der Waals surface area (Å²) in [6, 6.07) is 8.95. The Bertz CT molecular complexity index is 1200. The maximum Gasteiger partial charge on any atom is 0.267 e. The van der Waals surface area contributed by atoms with Gasteiger partial charge in [0.1, 0.15) is 16.1 Å². The quantitative estimate of drug-likeness (QED) is 0.455. The lowest BCUT2D eigenvalue weighted by Gasteiger charge is -2.11. The van der Waals surface area contributed by atoms with Crippen molar-refractivity contribution in [1.82, 2.24) is 9.97 Å². The predicted octanol–water partition coefficient (Wildman–Crippen LogP) is 4.91. The van der Waals surface area contributed by atoms with Gasteiger partial charge in [0, 0.05) is 18.2 Å². The first-order chi connectivity index (χ1) is 13.4. The van der Waals surface area contributed by atoms with E-state index < -0.39 is 0 Å². The van der Waals surface area contributed by atoms with Gasteiger partial charge in [-0.1, -0.05) is 17.4 Å². The molecule has 0 saturated carbocycles. The van der Waals surface area contributed by atoms with Crippen molar-refractivity contribution in [1.29, 1.82) is 0 Å². The number of rotatable bonds is 4. The maximum absolute atomic E-state index is 12.6. The van der Waals surface area contributed by atoms with Crippen LogP contribution in [0.25, 0.3) is 11.1 Å². The number of aryl methyl sites for hydroxylation is 2. The molecule has 4 aromatic rings. The molecule has 0 unspecified atom stereocenters. The number of nitrogens with one attached hydrogen (secondary N) is 2. The normalized spacial score (nSPS) is 11.0. The first kappa shape index (κ1) is 18.0. The third-order valence-corrected chi connectivity index (χ3v) is 5.27. The zero-order valence-electron chi connectivity index (χ0n) is 15.5. The highest BCUT2D eigenvalue weighted by atomic mass is 32.1. The van der Waals surface area contributed by atoms with Crippen LogP contribution in [0.4, 0.5) is 16.5 Å². The van der Waals surface area contributed by atoms with Crippen molar-refractivity contribution in [2.45, 2.75) is 20.8 Å². The van der Waals surface area contributed by atoms with Gasteiger partial charge in [-0.2, -0.15) is 0 Å². The van der Waals surface area contributed by atoms with Crippen molar-refractivity contribution in [2.75, 3.05) is 10.6 Å². The van der Waals surface area contributed by atoms with E-state index in [1.807, 2.05) is 25.1 Å². The maximum atomic E-state index is 12.6. The van der Waals surface area contributed by atoms with Gasteiger partial charge >= 0.3 is 0 Å². The number of carbonyl (C=O) groups is 1. The van der Waals surface area contributed by atoms with Gasteiger partial charge in [-0.3, -0.25) is 4.79 Å². The molecule has 1 amide bonds. The second-order valence-corrected chi connectivity index (χ2v) is 7.46. The fourth-order valence-corrected chi connectivity index (χ4v) is 3.62. The molecule has 0 radical (unpaired) electrons. The van der Waals surface area contributed by atoms with Gasteiger partial charge in [0.25, 0.3) is 5.91 Å². The minimum atomic E-state index is -0.273. The number of phenols is 1. The first-order valence-corrected chi connectivity index (χ1v) is 9.43. The van der Waals surface area contributed by atoms with Crippen molar-refractivity contribution >= 4 is 44.9 Å². The molecule has 0 saturated heterocycles. The molecule has 142 valence electrons. The van der Waals surface area contributed by atoms with Gasteiger partial charge in [-0.15, -0.1) is 0 Å².